The van der Waals surface area contributed by atoms with Crippen molar-refractivity contribution in [1.82, 2.24) is 4.98 Å². The van der Waals surface area contributed by atoms with Crippen LogP contribution in [0.15, 0.2) is 60.8 Å². The maximum atomic E-state index is 12.9. The lowest BCUT2D eigenvalue weighted by molar-refractivity contribution is -0.274. The van der Waals surface area contributed by atoms with Crippen LogP contribution in [0.25, 0.3) is 0 Å². The quantitative estimate of drug-likeness (QED) is 0.636. The topological polar surface area (TPSA) is 87.5 Å². The number of para-hydroxylation sites is 1. The highest BCUT2D eigenvalue weighted by molar-refractivity contribution is 6.07. The number of nitrogens with one attached hydrogen (secondary N) is 1. The van der Waals surface area contributed by atoms with Gasteiger partial charge in [-0.25, -0.2) is 4.98 Å². The SMILES string of the molecule is N#Cc1ccc(N2CCOc3c(C(=O)Nc4ccc(OC(F)(F)F)cc4)cccc32)nc1. The average molecular weight is 440 g/mol. The van der Waals surface area contributed by atoms with Gasteiger partial charge in [-0.15, -0.1) is 13.2 Å². The Balaban J connectivity index is 1.56. The van der Waals surface area contributed by atoms with E-state index in [1.165, 1.54) is 18.3 Å². The number of benzene rings is 2. The number of nitrogens with zero attached hydrogens (tertiary/aromatic N) is 3. The van der Waals surface area contributed by atoms with E-state index in [9.17, 15) is 18.0 Å². The Bertz CT molecular complexity index is 1170. The van der Waals surface area contributed by atoms with Crippen LogP contribution in [-0.4, -0.2) is 30.4 Å². The van der Waals surface area contributed by atoms with E-state index >= 15 is 0 Å². The Morgan fingerprint density at radius 1 is 1.16 bits per heavy atom. The molecule has 0 radical (unpaired) electrons. The molecule has 0 aliphatic carbocycles. The predicted molar refractivity (Wildman–Crippen MR) is 109 cm³/mol. The molecular weight excluding hydrogens is 425 g/mol. The standard InChI is InChI=1S/C22H15F3N4O3/c23-22(24,25)32-16-7-5-15(6-8-16)28-21(30)17-2-1-3-18-20(17)31-11-10-29(18)19-9-4-14(12-26)13-27-19/h1-9,13H,10-11H2,(H,28,30). The fourth-order valence-electron chi connectivity index (χ4n) is 3.22. The minimum absolute atomic E-state index is 0.261. The molecule has 1 aliphatic heterocycles. The number of fused-ring (bicyclic) bond motifs is 1. The minimum Gasteiger partial charge on any atom is -0.489 e. The summed E-state index contributed by atoms with van der Waals surface area (Å²) in [6, 6.07) is 15.3. The Hall–Kier alpha value is -4.26. The van der Waals surface area contributed by atoms with Crippen molar-refractivity contribution in [3.05, 3.63) is 71.9 Å². The van der Waals surface area contributed by atoms with E-state index < -0.39 is 12.3 Å². The number of carbonyl (C=O) groups excluding carboxylic acids is 1. The molecule has 7 nitrogen and oxygen atoms in total. The van der Waals surface area contributed by atoms with Crippen LogP contribution in [0, 0.1) is 11.3 Å². The predicted octanol–water partition coefficient (Wildman–Crippen LogP) is 4.63. The lowest BCUT2D eigenvalue weighted by Gasteiger charge is -2.31. The first-order chi connectivity index (χ1) is 15.3. The molecule has 2 aromatic carbocycles. The van der Waals surface area contributed by atoms with E-state index in [0.717, 1.165) is 12.1 Å². The summed E-state index contributed by atoms with van der Waals surface area (Å²) < 4.78 is 46.5. The van der Waals surface area contributed by atoms with Crippen LogP contribution in [-0.2, 0) is 0 Å². The van der Waals surface area contributed by atoms with Crippen LogP contribution in [0.5, 0.6) is 11.5 Å². The van der Waals surface area contributed by atoms with Crippen LogP contribution in [0.3, 0.4) is 0 Å². The third-order valence-corrected chi connectivity index (χ3v) is 4.59. The number of rotatable bonds is 4. The van der Waals surface area contributed by atoms with Gasteiger partial charge in [0.25, 0.3) is 5.91 Å². The number of carbonyl (C=O) groups is 1. The number of amides is 1. The van der Waals surface area contributed by atoms with Crippen LogP contribution >= 0.6 is 0 Å². The van der Waals surface area contributed by atoms with E-state index in [2.05, 4.69) is 15.0 Å². The summed E-state index contributed by atoms with van der Waals surface area (Å²) in [7, 11) is 0. The van der Waals surface area contributed by atoms with Gasteiger partial charge in [0.15, 0.2) is 5.75 Å². The molecule has 0 spiro atoms. The second-order valence-electron chi connectivity index (χ2n) is 6.70. The van der Waals surface area contributed by atoms with Crippen LogP contribution in [0.1, 0.15) is 15.9 Å². The zero-order valence-electron chi connectivity index (χ0n) is 16.4. The first kappa shape index (κ1) is 21.0. The molecule has 0 saturated carbocycles. The molecule has 1 amide bonds. The normalized spacial score (nSPS) is 12.9. The fourth-order valence-corrected chi connectivity index (χ4v) is 3.22. The monoisotopic (exact) mass is 440 g/mol. The zero-order chi connectivity index (χ0) is 22.7. The molecule has 4 rings (SSSR count). The first-order valence-electron chi connectivity index (χ1n) is 9.41. The second-order valence-corrected chi connectivity index (χ2v) is 6.70. The van der Waals surface area contributed by atoms with Gasteiger partial charge in [0.05, 0.1) is 23.4 Å². The number of hydrogen-bond donors (Lipinski definition) is 1. The maximum Gasteiger partial charge on any atom is 0.573 e. The summed E-state index contributed by atoms with van der Waals surface area (Å²) in [5.41, 5.74) is 1.62. The van der Waals surface area contributed by atoms with Crippen molar-refractivity contribution in [3.63, 3.8) is 0 Å². The third kappa shape index (κ3) is 4.57. The lowest BCUT2D eigenvalue weighted by atomic mass is 10.1. The third-order valence-electron chi connectivity index (χ3n) is 4.59. The number of hydrogen-bond acceptors (Lipinski definition) is 6. The molecule has 32 heavy (non-hydrogen) atoms. The van der Waals surface area contributed by atoms with Crippen molar-refractivity contribution < 1.29 is 27.4 Å². The lowest BCUT2D eigenvalue weighted by Crippen LogP contribution is -2.30. The van der Waals surface area contributed by atoms with Crippen molar-refractivity contribution in [2.75, 3.05) is 23.4 Å². The Kier molecular flexibility index (Phi) is 5.55. The second kappa shape index (κ2) is 8.47. The van der Waals surface area contributed by atoms with Gasteiger partial charge in [-0.1, -0.05) is 6.07 Å². The molecular formula is C22H15F3N4O3. The molecule has 10 heteroatoms. The Morgan fingerprint density at radius 2 is 1.94 bits per heavy atom. The maximum absolute atomic E-state index is 12.9. The van der Waals surface area contributed by atoms with Crippen LogP contribution in [0.2, 0.25) is 0 Å². The molecule has 2 heterocycles. The van der Waals surface area contributed by atoms with E-state index in [-0.39, 0.29) is 11.3 Å². The molecule has 0 unspecified atom stereocenters. The first-order valence-corrected chi connectivity index (χ1v) is 9.41. The molecule has 162 valence electrons. The van der Waals surface area contributed by atoms with E-state index in [1.54, 1.807) is 30.3 Å². The van der Waals surface area contributed by atoms with Crippen LogP contribution in [0.4, 0.5) is 30.4 Å². The molecule has 0 atom stereocenters. The molecule has 0 fully saturated rings. The minimum atomic E-state index is -4.79. The van der Waals surface area contributed by atoms with Crippen molar-refractivity contribution in [1.29, 1.82) is 5.26 Å². The number of nitriles is 1. The Labute approximate surface area is 180 Å². The Morgan fingerprint density at radius 3 is 2.59 bits per heavy atom. The van der Waals surface area contributed by atoms with Gasteiger partial charge in [-0.2, -0.15) is 5.26 Å². The number of pyridine rings is 1. The number of halogens is 3. The van der Waals surface area contributed by atoms with Gasteiger partial charge in [0.2, 0.25) is 0 Å². The molecule has 0 saturated heterocycles. The van der Waals surface area contributed by atoms with Gasteiger partial charge in [0.1, 0.15) is 24.2 Å². The highest BCUT2D eigenvalue weighted by Crippen LogP contribution is 2.38. The summed E-state index contributed by atoms with van der Waals surface area (Å²) >= 11 is 0. The van der Waals surface area contributed by atoms with Gasteiger partial charge in [0, 0.05) is 11.9 Å². The number of aromatic nitrogens is 1. The largest absolute Gasteiger partial charge is 0.573 e. The van der Waals surface area contributed by atoms with Crippen molar-refractivity contribution in [2.45, 2.75) is 6.36 Å². The van der Waals surface area contributed by atoms with Crippen molar-refractivity contribution >= 4 is 23.1 Å². The summed E-state index contributed by atoms with van der Waals surface area (Å²) in [5.74, 6) is 0.0910. The summed E-state index contributed by atoms with van der Waals surface area (Å²) in [5, 5.41) is 11.6. The van der Waals surface area contributed by atoms with Gasteiger partial charge in [-0.05, 0) is 48.5 Å². The molecule has 1 aliphatic rings. The highest BCUT2D eigenvalue weighted by Gasteiger charge is 2.31. The molecule has 1 N–H and O–H groups in total. The van der Waals surface area contributed by atoms with Gasteiger partial charge < -0.3 is 19.7 Å². The number of ether oxygens (including phenoxy) is 2. The van der Waals surface area contributed by atoms with Crippen LogP contribution < -0.4 is 19.7 Å². The summed E-state index contributed by atoms with van der Waals surface area (Å²) in [6.45, 7) is 0.806. The van der Waals surface area contributed by atoms with Gasteiger partial charge >= 0.3 is 6.36 Å². The van der Waals surface area contributed by atoms with Crippen molar-refractivity contribution in [3.8, 4) is 17.6 Å². The smallest absolute Gasteiger partial charge is 0.489 e. The molecule has 1 aromatic heterocycles. The summed E-state index contributed by atoms with van der Waals surface area (Å²) in [6.07, 6.45) is -3.33. The van der Waals surface area contributed by atoms with E-state index in [1.807, 2.05) is 11.0 Å². The zero-order valence-corrected chi connectivity index (χ0v) is 16.4. The fraction of sp³-hybridized carbons (Fsp3) is 0.136. The number of alkyl halides is 3. The van der Waals surface area contributed by atoms with E-state index in [0.29, 0.717) is 41.7 Å². The average Bonchev–Trinajstić information content (AvgIpc) is 2.78. The summed E-state index contributed by atoms with van der Waals surface area (Å²) in [4.78, 5) is 19.0. The molecule has 0 bridgehead atoms. The van der Waals surface area contributed by atoms with Gasteiger partial charge in [-0.3, -0.25) is 4.79 Å². The van der Waals surface area contributed by atoms with E-state index in [4.69, 9.17) is 10.00 Å². The molecule has 3 aromatic rings. The van der Waals surface area contributed by atoms with Crippen molar-refractivity contribution in [2.24, 2.45) is 0 Å². The number of anilines is 3. The highest BCUT2D eigenvalue weighted by atomic mass is 19.4.